The van der Waals surface area contributed by atoms with E-state index in [1.807, 2.05) is 6.92 Å². The molecule has 1 atom stereocenters. The van der Waals surface area contributed by atoms with E-state index < -0.39 is 21.7 Å². The van der Waals surface area contributed by atoms with Crippen LogP contribution in [0.25, 0.3) is 0 Å². The number of hydrogen-bond donors (Lipinski definition) is 0. The number of methoxy groups -OCH3 is 1. The highest BCUT2D eigenvalue weighted by atomic mass is 32.2. The van der Waals surface area contributed by atoms with Crippen molar-refractivity contribution in [2.45, 2.75) is 33.1 Å². The molecule has 94 valence electrons. The predicted octanol–water partition coefficient (Wildman–Crippen LogP) is 1.91. The second kappa shape index (κ2) is 7.44. The lowest BCUT2D eigenvalue weighted by Gasteiger charge is -2.07. The molecule has 0 rings (SSSR count). The van der Waals surface area contributed by atoms with Gasteiger partial charge in [0.05, 0.1) is 18.8 Å². The normalized spacial score (nSPS) is 13.9. The Morgan fingerprint density at radius 1 is 1.44 bits per heavy atom. The van der Waals surface area contributed by atoms with Crippen molar-refractivity contribution in [2.75, 3.05) is 12.9 Å². The van der Waals surface area contributed by atoms with Crippen LogP contribution in [-0.2, 0) is 19.4 Å². The van der Waals surface area contributed by atoms with E-state index in [2.05, 4.69) is 4.74 Å². The summed E-state index contributed by atoms with van der Waals surface area (Å²) in [5, 5.41) is 1.20. The molecule has 0 saturated heterocycles. The van der Waals surface area contributed by atoms with Gasteiger partial charge >= 0.3 is 5.97 Å². The van der Waals surface area contributed by atoms with Crippen LogP contribution in [0, 0.1) is 5.92 Å². The molecule has 0 aliphatic heterocycles. The molecule has 0 unspecified atom stereocenters. The number of ether oxygens (including phenoxy) is 1. The van der Waals surface area contributed by atoms with Gasteiger partial charge in [-0.25, -0.2) is 8.42 Å². The van der Waals surface area contributed by atoms with E-state index >= 15 is 0 Å². The molecule has 16 heavy (non-hydrogen) atoms. The average Bonchev–Trinajstić information content (AvgIpc) is 2.22. The summed E-state index contributed by atoms with van der Waals surface area (Å²) >= 11 is 0. The van der Waals surface area contributed by atoms with Gasteiger partial charge < -0.3 is 4.74 Å². The molecule has 0 N–H and O–H groups in total. The van der Waals surface area contributed by atoms with Crippen molar-refractivity contribution < 1.29 is 17.9 Å². The van der Waals surface area contributed by atoms with Crippen molar-refractivity contribution in [3.8, 4) is 0 Å². The van der Waals surface area contributed by atoms with Crippen molar-refractivity contribution in [1.82, 2.24) is 0 Å². The van der Waals surface area contributed by atoms with Crippen molar-refractivity contribution in [3.63, 3.8) is 0 Å². The molecule has 0 radical (unpaired) electrons. The molecule has 0 saturated carbocycles. The maximum Gasteiger partial charge on any atom is 0.309 e. The third-order valence-corrected chi connectivity index (χ3v) is 3.69. The molecule has 0 aromatic rings. The fourth-order valence-electron chi connectivity index (χ4n) is 1.21. The third-order valence-electron chi connectivity index (χ3n) is 2.11. The van der Waals surface area contributed by atoms with Crippen LogP contribution in [0.1, 0.15) is 33.1 Å². The quantitative estimate of drug-likeness (QED) is 0.510. The summed E-state index contributed by atoms with van der Waals surface area (Å²) in [5.74, 6) is -1.31. The maximum atomic E-state index is 11.5. The topological polar surface area (TPSA) is 60.4 Å². The Morgan fingerprint density at radius 2 is 2.06 bits per heavy atom. The van der Waals surface area contributed by atoms with E-state index in [0.29, 0.717) is 0 Å². The average molecular weight is 248 g/mol. The van der Waals surface area contributed by atoms with Crippen LogP contribution in [0.2, 0.25) is 0 Å². The Hall–Kier alpha value is -0.840. The zero-order chi connectivity index (χ0) is 12.6. The van der Waals surface area contributed by atoms with Gasteiger partial charge in [0.1, 0.15) is 0 Å². The van der Waals surface area contributed by atoms with Gasteiger partial charge in [-0.05, 0) is 6.42 Å². The number of sulfone groups is 1. The first-order valence-electron chi connectivity index (χ1n) is 5.40. The van der Waals surface area contributed by atoms with Crippen LogP contribution in [0.5, 0.6) is 0 Å². The third kappa shape index (κ3) is 6.61. The molecule has 0 spiro atoms. The standard InChI is InChI=1S/C11H20O4S/c1-4-5-6-7-8-16(13,14)9-10(2)11(12)15-3/h7-8,10H,4-6,9H2,1-3H3/b8-7-/t10-/m1/s1. The first kappa shape index (κ1) is 15.2. The molecule has 0 aromatic heterocycles. The smallest absolute Gasteiger partial charge is 0.309 e. The monoisotopic (exact) mass is 248 g/mol. The second-order valence-electron chi connectivity index (χ2n) is 3.77. The molecule has 5 heteroatoms. The minimum Gasteiger partial charge on any atom is -0.469 e. The Balaban J connectivity index is 4.24. The summed E-state index contributed by atoms with van der Waals surface area (Å²) in [6.07, 6.45) is 4.40. The highest BCUT2D eigenvalue weighted by Gasteiger charge is 2.19. The van der Waals surface area contributed by atoms with E-state index in [-0.39, 0.29) is 5.75 Å². The Bertz CT molecular complexity index is 330. The SMILES string of the molecule is CCCC/C=C\S(=O)(=O)C[C@@H](C)C(=O)OC. The number of hydrogen-bond acceptors (Lipinski definition) is 4. The fraction of sp³-hybridized carbons (Fsp3) is 0.727. The van der Waals surface area contributed by atoms with Crippen LogP contribution in [0.4, 0.5) is 0 Å². The molecule has 0 aromatic carbocycles. The zero-order valence-corrected chi connectivity index (χ0v) is 10.9. The molecule has 0 amide bonds. The summed E-state index contributed by atoms with van der Waals surface area (Å²) in [6.45, 7) is 3.59. The number of esters is 1. The maximum absolute atomic E-state index is 11.5. The van der Waals surface area contributed by atoms with Crippen LogP contribution in [-0.4, -0.2) is 27.2 Å². The second-order valence-corrected chi connectivity index (χ2v) is 5.70. The van der Waals surface area contributed by atoms with Gasteiger partial charge in [0.15, 0.2) is 9.84 Å². The van der Waals surface area contributed by atoms with E-state index in [1.54, 1.807) is 13.0 Å². The van der Waals surface area contributed by atoms with Crippen molar-refractivity contribution in [1.29, 1.82) is 0 Å². The summed E-state index contributed by atoms with van der Waals surface area (Å²) in [7, 11) is -2.05. The lowest BCUT2D eigenvalue weighted by atomic mass is 10.2. The largest absolute Gasteiger partial charge is 0.469 e. The van der Waals surface area contributed by atoms with Gasteiger partial charge in [-0.1, -0.05) is 32.8 Å². The zero-order valence-electron chi connectivity index (χ0n) is 10.1. The first-order valence-corrected chi connectivity index (χ1v) is 7.11. The lowest BCUT2D eigenvalue weighted by Crippen LogP contribution is -2.21. The fourth-order valence-corrected chi connectivity index (χ4v) is 2.58. The Morgan fingerprint density at radius 3 is 2.56 bits per heavy atom. The summed E-state index contributed by atoms with van der Waals surface area (Å²) < 4.78 is 27.5. The van der Waals surface area contributed by atoms with Crippen LogP contribution in [0.3, 0.4) is 0 Å². The number of allylic oxidation sites excluding steroid dienone is 1. The van der Waals surface area contributed by atoms with Gasteiger partial charge in [0.25, 0.3) is 0 Å². The van der Waals surface area contributed by atoms with Gasteiger partial charge in [0.2, 0.25) is 0 Å². The van der Waals surface area contributed by atoms with Crippen LogP contribution >= 0.6 is 0 Å². The molecule has 0 aliphatic carbocycles. The number of carbonyl (C=O) groups excluding carboxylic acids is 1. The van der Waals surface area contributed by atoms with Gasteiger partial charge in [-0.3, -0.25) is 4.79 Å². The first-order chi connectivity index (χ1) is 7.43. The molecular formula is C11H20O4S. The minimum absolute atomic E-state index is 0.192. The highest BCUT2D eigenvalue weighted by Crippen LogP contribution is 2.06. The molecule has 0 fully saturated rings. The van der Waals surface area contributed by atoms with E-state index in [1.165, 1.54) is 12.5 Å². The number of carbonyl (C=O) groups is 1. The Kier molecular flexibility index (Phi) is 7.05. The molecule has 0 bridgehead atoms. The van der Waals surface area contributed by atoms with Crippen molar-refractivity contribution in [3.05, 3.63) is 11.5 Å². The van der Waals surface area contributed by atoms with Gasteiger partial charge in [-0.2, -0.15) is 0 Å². The molecule has 0 aliphatic rings. The van der Waals surface area contributed by atoms with Crippen molar-refractivity contribution >= 4 is 15.8 Å². The molecule has 0 heterocycles. The predicted molar refractivity (Wildman–Crippen MR) is 63.6 cm³/mol. The van der Waals surface area contributed by atoms with Crippen LogP contribution in [0.15, 0.2) is 11.5 Å². The number of unbranched alkanes of at least 4 members (excludes halogenated alkanes) is 2. The molecule has 4 nitrogen and oxygen atoms in total. The van der Waals surface area contributed by atoms with E-state index in [0.717, 1.165) is 19.3 Å². The summed E-state index contributed by atoms with van der Waals surface area (Å²) in [5.41, 5.74) is 0. The lowest BCUT2D eigenvalue weighted by molar-refractivity contribution is -0.144. The van der Waals surface area contributed by atoms with Crippen molar-refractivity contribution in [2.24, 2.45) is 5.92 Å². The van der Waals surface area contributed by atoms with Crippen LogP contribution < -0.4 is 0 Å². The van der Waals surface area contributed by atoms with E-state index in [9.17, 15) is 13.2 Å². The summed E-state index contributed by atoms with van der Waals surface area (Å²) in [6, 6.07) is 0. The van der Waals surface area contributed by atoms with Gasteiger partial charge in [-0.15, -0.1) is 0 Å². The summed E-state index contributed by atoms with van der Waals surface area (Å²) in [4.78, 5) is 11.1. The van der Waals surface area contributed by atoms with Gasteiger partial charge in [0, 0.05) is 5.41 Å². The highest BCUT2D eigenvalue weighted by molar-refractivity contribution is 7.94. The minimum atomic E-state index is -3.30. The Labute approximate surface area is 97.6 Å². The van der Waals surface area contributed by atoms with E-state index in [4.69, 9.17) is 0 Å². The molecular weight excluding hydrogens is 228 g/mol. The number of rotatable bonds is 7.